The second kappa shape index (κ2) is 7.19. The zero-order valence-electron chi connectivity index (χ0n) is 15.1. The van der Waals surface area contributed by atoms with Gasteiger partial charge in [-0.2, -0.15) is 0 Å². The van der Waals surface area contributed by atoms with Gasteiger partial charge in [-0.05, 0) is 29.7 Å². The van der Waals surface area contributed by atoms with Gasteiger partial charge in [0.15, 0.2) is 0 Å². The lowest BCUT2D eigenvalue weighted by Crippen LogP contribution is -2.41. The number of nitrogens with one attached hydrogen (secondary N) is 1. The van der Waals surface area contributed by atoms with Crippen molar-refractivity contribution >= 4 is 28.5 Å². The Kier molecular flexibility index (Phi) is 4.58. The monoisotopic (exact) mass is 363 g/mol. The average molecular weight is 363 g/mol. The SMILES string of the molecule is Cn1cnnc1NC(=O)C1CCN(C(=O)c2cccc3ccccc23)CC1. The molecule has 0 spiro atoms. The summed E-state index contributed by atoms with van der Waals surface area (Å²) < 4.78 is 1.66. The molecule has 27 heavy (non-hydrogen) atoms. The minimum Gasteiger partial charge on any atom is -0.339 e. The molecule has 3 aromatic rings. The van der Waals surface area contributed by atoms with Crippen molar-refractivity contribution in [3.05, 3.63) is 54.4 Å². The molecule has 1 aromatic heterocycles. The van der Waals surface area contributed by atoms with E-state index in [0.717, 1.165) is 16.3 Å². The maximum absolute atomic E-state index is 13.0. The Morgan fingerprint density at radius 1 is 1.07 bits per heavy atom. The molecule has 138 valence electrons. The van der Waals surface area contributed by atoms with Gasteiger partial charge in [-0.1, -0.05) is 36.4 Å². The van der Waals surface area contributed by atoms with Crippen molar-refractivity contribution in [1.82, 2.24) is 19.7 Å². The molecule has 4 rings (SSSR count). The lowest BCUT2D eigenvalue weighted by molar-refractivity contribution is -0.121. The smallest absolute Gasteiger partial charge is 0.254 e. The maximum Gasteiger partial charge on any atom is 0.254 e. The quantitative estimate of drug-likeness (QED) is 0.775. The minimum atomic E-state index is -0.127. The first-order chi connectivity index (χ1) is 13.1. The van der Waals surface area contributed by atoms with Gasteiger partial charge in [0.2, 0.25) is 11.9 Å². The summed E-state index contributed by atoms with van der Waals surface area (Å²) in [4.78, 5) is 27.3. The summed E-state index contributed by atoms with van der Waals surface area (Å²) in [5.41, 5.74) is 0.718. The normalized spacial score (nSPS) is 15.1. The zero-order chi connectivity index (χ0) is 18.8. The van der Waals surface area contributed by atoms with Crippen LogP contribution in [0.3, 0.4) is 0 Å². The standard InChI is InChI=1S/C20H21N5O2/c1-24-13-21-23-20(24)22-18(26)15-9-11-25(12-10-15)19(27)17-8-4-6-14-5-2-3-7-16(14)17/h2-8,13,15H,9-12H2,1H3,(H,22,23,26). The fourth-order valence-electron chi connectivity index (χ4n) is 3.54. The van der Waals surface area contributed by atoms with Gasteiger partial charge in [0.05, 0.1) is 0 Å². The fraction of sp³-hybridized carbons (Fsp3) is 0.300. The van der Waals surface area contributed by atoms with Gasteiger partial charge >= 0.3 is 0 Å². The summed E-state index contributed by atoms with van der Waals surface area (Å²) in [6.07, 6.45) is 2.82. The first kappa shape index (κ1) is 17.2. The highest BCUT2D eigenvalue weighted by molar-refractivity contribution is 6.07. The first-order valence-electron chi connectivity index (χ1n) is 9.05. The predicted octanol–water partition coefficient (Wildman–Crippen LogP) is 2.46. The van der Waals surface area contributed by atoms with Crippen LogP contribution in [0.5, 0.6) is 0 Å². The van der Waals surface area contributed by atoms with E-state index in [9.17, 15) is 9.59 Å². The second-order valence-electron chi connectivity index (χ2n) is 6.85. The summed E-state index contributed by atoms with van der Waals surface area (Å²) in [7, 11) is 1.78. The van der Waals surface area contributed by atoms with Gasteiger partial charge in [-0.3, -0.25) is 14.9 Å². The number of hydrogen-bond donors (Lipinski definition) is 1. The molecule has 2 aromatic carbocycles. The number of anilines is 1. The number of nitrogens with zero attached hydrogens (tertiary/aromatic N) is 4. The number of aromatic nitrogens is 3. The first-order valence-corrected chi connectivity index (χ1v) is 9.05. The number of hydrogen-bond acceptors (Lipinski definition) is 4. The summed E-state index contributed by atoms with van der Waals surface area (Å²) in [6.45, 7) is 1.14. The Hall–Kier alpha value is -3.22. The van der Waals surface area contributed by atoms with Crippen molar-refractivity contribution in [2.75, 3.05) is 18.4 Å². The lowest BCUT2D eigenvalue weighted by atomic mass is 9.95. The van der Waals surface area contributed by atoms with Crippen LogP contribution in [-0.2, 0) is 11.8 Å². The van der Waals surface area contributed by atoms with Crippen LogP contribution >= 0.6 is 0 Å². The Bertz CT molecular complexity index is 983. The highest BCUT2D eigenvalue weighted by Gasteiger charge is 2.29. The zero-order valence-corrected chi connectivity index (χ0v) is 15.1. The van der Waals surface area contributed by atoms with E-state index in [2.05, 4.69) is 15.5 Å². The molecule has 0 bridgehead atoms. The average Bonchev–Trinajstić information content (AvgIpc) is 3.11. The van der Waals surface area contributed by atoms with Crippen LogP contribution in [0.1, 0.15) is 23.2 Å². The highest BCUT2D eigenvalue weighted by atomic mass is 16.2. The van der Waals surface area contributed by atoms with Crippen molar-refractivity contribution in [2.45, 2.75) is 12.8 Å². The molecular weight excluding hydrogens is 342 g/mol. The molecule has 0 atom stereocenters. The van der Waals surface area contributed by atoms with Crippen LogP contribution in [0.2, 0.25) is 0 Å². The molecule has 1 aliphatic heterocycles. The molecule has 1 aliphatic rings. The predicted molar refractivity (Wildman–Crippen MR) is 102 cm³/mol. The van der Waals surface area contributed by atoms with Crippen molar-refractivity contribution in [3.8, 4) is 0 Å². The number of likely N-dealkylation sites (tertiary alicyclic amines) is 1. The molecule has 0 aliphatic carbocycles. The molecule has 0 saturated carbocycles. The number of amides is 2. The highest BCUT2D eigenvalue weighted by Crippen LogP contribution is 2.24. The number of carbonyl (C=O) groups excluding carboxylic acids is 2. The van der Waals surface area contributed by atoms with Gasteiger partial charge in [0.1, 0.15) is 6.33 Å². The van der Waals surface area contributed by atoms with Gasteiger partial charge in [0.25, 0.3) is 5.91 Å². The Morgan fingerprint density at radius 3 is 2.56 bits per heavy atom. The van der Waals surface area contributed by atoms with E-state index in [4.69, 9.17) is 0 Å². The minimum absolute atomic E-state index is 0.0268. The summed E-state index contributed by atoms with van der Waals surface area (Å²) in [5, 5.41) is 12.5. The van der Waals surface area contributed by atoms with Crippen LogP contribution in [0, 0.1) is 5.92 Å². The molecule has 7 nitrogen and oxygen atoms in total. The van der Waals surface area contributed by atoms with E-state index in [1.807, 2.05) is 47.4 Å². The van der Waals surface area contributed by atoms with E-state index >= 15 is 0 Å². The van der Waals surface area contributed by atoms with Gasteiger partial charge in [-0.25, -0.2) is 0 Å². The summed E-state index contributed by atoms with van der Waals surface area (Å²) in [5.74, 6) is 0.273. The maximum atomic E-state index is 13.0. The van der Waals surface area contributed by atoms with Crippen LogP contribution in [-0.4, -0.2) is 44.6 Å². The number of fused-ring (bicyclic) bond motifs is 1. The van der Waals surface area contributed by atoms with Crippen molar-refractivity contribution < 1.29 is 9.59 Å². The molecule has 1 fully saturated rings. The number of benzene rings is 2. The van der Waals surface area contributed by atoms with E-state index in [1.54, 1.807) is 17.9 Å². The van der Waals surface area contributed by atoms with Crippen molar-refractivity contribution in [2.24, 2.45) is 13.0 Å². The van der Waals surface area contributed by atoms with E-state index < -0.39 is 0 Å². The molecule has 2 heterocycles. The molecule has 7 heteroatoms. The summed E-state index contributed by atoms with van der Waals surface area (Å²) in [6, 6.07) is 13.7. The second-order valence-corrected chi connectivity index (χ2v) is 6.85. The molecular formula is C20H21N5O2. The van der Waals surface area contributed by atoms with Crippen LogP contribution in [0.15, 0.2) is 48.8 Å². The molecule has 0 radical (unpaired) electrons. The van der Waals surface area contributed by atoms with Crippen LogP contribution in [0.25, 0.3) is 10.8 Å². The third kappa shape index (κ3) is 3.40. The molecule has 0 unspecified atom stereocenters. The summed E-state index contributed by atoms with van der Waals surface area (Å²) >= 11 is 0. The third-order valence-electron chi connectivity index (χ3n) is 5.12. The number of rotatable bonds is 3. The molecule has 1 saturated heterocycles. The van der Waals surface area contributed by atoms with Crippen LogP contribution in [0.4, 0.5) is 5.95 Å². The Morgan fingerprint density at radius 2 is 1.81 bits per heavy atom. The number of carbonyl (C=O) groups is 2. The van der Waals surface area contributed by atoms with E-state index in [0.29, 0.717) is 31.9 Å². The molecule has 2 amide bonds. The van der Waals surface area contributed by atoms with E-state index in [1.165, 1.54) is 0 Å². The van der Waals surface area contributed by atoms with Gasteiger partial charge in [0, 0.05) is 31.6 Å². The largest absolute Gasteiger partial charge is 0.339 e. The molecule has 1 N–H and O–H groups in total. The van der Waals surface area contributed by atoms with Crippen molar-refractivity contribution in [1.29, 1.82) is 0 Å². The third-order valence-corrected chi connectivity index (χ3v) is 5.12. The number of piperidine rings is 1. The van der Waals surface area contributed by atoms with Crippen molar-refractivity contribution in [3.63, 3.8) is 0 Å². The Balaban J connectivity index is 1.42. The number of aryl methyl sites for hydroxylation is 1. The Labute approximate surface area is 157 Å². The fourth-order valence-corrected chi connectivity index (χ4v) is 3.54. The van der Waals surface area contributed by atoms with E-state index in [-0.39, 0.29) is 17.7 Å². The topological polar surface area (TPSA) is 80.1 Å². The lowest BCUT2D eigenvalue weighted by Gasteiger charge is -2.31. The van der Waals surface area contributed by atoms with Gasteiger partial charge in [-0.15, -0.1) is 10.2 Å². The van der Waals surface area contributed by atoms with Gasteiger partial charge < -0.3 is 9.47 Å². The van der Waals surface area contributed by atoms with Crippen LogP contribution < -0.4 is 5.32 Å².